The predicted octanol–water partition coefficient (Wildman–Crippen LogP) is 7.15. The second kappa shape index (κ2) is 15.6. The number of aldehydes is 1. The Labute approximate surface area is 268 Å². The largest absolute Gasteiger partial charge is 0.444 e. The minimum absolute atomic E-state index is 0.110. The normalized spacial score (nSPS) is 14.9. The highest BCUT2D eigenvalue weighted by molar-refractivity contribution is 5.70. The van der Waals surface area contributed by atoms with Gasteiger partial charge in [-0.2, -0.15) is 0 Å². The predicted molar refractivity (Wildman–Crippen MR) is 180 cm³/mol. The lowest BCUT2D eigenvalue weighted by Gasteiger charge is -2.41. The smallest absolute Gasteiger partial charge is 0.424 e. The molecule has 0 bridgehead atoms. The molecule has 0 saturated carbocycles. The van der Waals surface area contributed by atoms with Crippen molar-refractivity contribution in [3.8, 4) is 0 Å². The van der Waals surface area contributed by atoms with Crippen molar-refractivity contribution in [2.24, 2.45) is 0 Å². The third-order valence-corrected chi connectivity index (χ3v) is 9.42. The van der Waals surface area contributed by atoms with E-state index in [1.807, 2.05) is 42.5 Å². The molecule has 0 radical (unpaired) electrons. The topological polar surface area (TPSA) is 61.9 Å². The van der Waals surface area contributed by atoms with E-state index in [0.29, 0.717) is 6.54 Å². The van der Waals surface area contributed by atoms with Crippen LogP contribution in [0, 0.1) is 0 Å². The molecule has 45 heavy (non-hydrogen) atoms. The zero-order valence-corrected chi connectivity index (χ0v) is 26.3. The first kappa shape index (κ1) is 32.1. The Morgan fingerprint density at radius 2 is 1.38 bits per heavy atom. The van der Waals surface area contributed by atoms with Crippen LogP contribution in [0.15, 0.2) is 121 Å². The van der Waals surface area contributed by atoms with Gasteiger partial charge in [0.25, 0.3) is 0 Å². The van der Waals surface area contributed by atoms with Crippen molar-refractivity contribution in [3.63, 3.8) is 0 Å². The second-order valence-corrected chi connectivity index (χ2v) is 12.3. The first-order valence-corrected chi connectivity index (χ1v) is 16.1. The highest BCUT2D eigenvalue weighted by Gasteiger charge is 2.36. The standard InChI is InChI=1S/C39H45N3O3/c1-38(34-17-8-3-9-18-34)24-27-41(28-25-38)26-14-23-39(35-19-10-4-11-20-35,36-21-12-5-13-22-36)32-40-42(29-30-43)37(44)45-31-33-15-6-2-7-16-33/h2-13,15-22,30,40H,14,23-29,31-32H2,1H3. The Morgan fingerprint density at radius 1 is 0.844 bits per heavy atom. The van der Waals surface area contributed by atoms with Crippen LogP contribution in [0.25, 0.3) is 0 Å². The van der Waals surface area contributed by atoms with E-state index in [4.69, 9.17) is 4.74 Å². The first-order valence-electron chi connectivity index (χ1n) is 16.1. The zero-order valence-electron chi connectivity index (χ0n) is 26.3. The molecule has 1 heterocycles. The van der Waals surface area contributed by atoms with Crippen LogP contribution in [0.4, 0.5) is 4.79 Å². The SMILES string of the molecule is CC1(c2ccccc2)CCN(CCCC(CNN(CC=O)C(=O)OCc2ccccc2)(c2ccccc2)c2ccccc2)CC1. The lowest BCUT2D eigenvalue weighted by atomic mass is 9.71. The van der Waals surface area contributed by atoms with Crippen LogP contribution in [0.5, 0.6) is 0 Å². The van der Waals surface area contributed by atoms with Crippen LogP contribution in [0.1, 0.15) is 54.9 Å². The Bertz CT molecular complexity index is 1420. The fourth-order valence-corrected chi connectivity index (χ4v) is 6.57. The highest BCUT2D eigenvalue weighted by atomic mass is 16.6. The van der Waals surface area contributed by atoms with Crippen LogP contribution in [-0.4, -0.2) is 55.0 Å². The molecule has 1 saturated heterocycles. The number of hydrazine groups is 1. The monoisotopic (exact) mass is 603 g/mol. The summed E-state index contributed by atoms with van der Waals surface area (Å²) in [5.41, 5.74) is 7.78. The molecule has 0 aromatic heterocycles. The van der Waals surface area contributed by atoms with Crippen molar-refractivity contribution < 1.29 is 14.3 Å². The Hall–Kier alpha value is -4.26. The van der Waals surface area contributed by atoms with E-state index in [0.717, 1.165) is 57.2 Å². The van der Waals surface area contributed by atoms with E-state index in [9.17, 15) is 9.59 Å². The molecular weight excluding hydrogens is 558 g/mol. The molecule has 6 heteroatoms. The summed E-state index contributed by atoms with van der Waals surface area (Å²) in [4.78, 5) is 27.4. The minimum Gasteiger partial charge on any atom is -0.444 e. The second-order valence-electron chi connectivity index (χ2n) is 12.3. The third kappa shape index (κ3) is 8.27. The highest BCUT2D eigenvalue weighted by Crippen LogP contribution is 2.38. The lowest BCUT2D eigenvalue weighted by molar-refractivity contribution is -0.109. The maximum atomic E-state index is 13.1. The van der Waals surface area contributed by atoms with Gasteiger partial charge >= 0.3 is 6.09 Å². The third-order valence-electron chi connectivity index (χ3n) is 9.42. The van der Waals surface area contributed by atoms with Crippen molar-refractivity contribution in [1.29, 1.82) is 0 Å². The Kier molecular flexibility index (Phi) is 11.2. The lowest BCUT2D eigenvalue weighted by Crippen LogP contribution is -2.51. The van der Waals surface area contributed by atoms with Gasteiger partial charge in [0.1, 0.15) is 12.9 Å². The van der Waals surface area contributed by atoms with Crippen LogP contribution < -0.4 is 5.43 Å². The molecule has 6 nitrogen and oxygen atoms in total. The molecule has 1 fully saturated rings. The van der Waals surface area contributed by atoms with Crippen LogP contribution in [0.2, 0.25) is 0 Å². The van der Waals surface area contributed by atoms with Crippen molar-refractivity contribution in [1.82, 2.24) is 15.3 Å². The number of nitrogens with one attached hydrogen (secondary N) is 1. The maximum absolute atomic E-state index is 13.1. The van der Waals surface area contributed by atoms with Gasteiger partial charge in [0.05, 0.1) is 6.54 Å². The van der Waals surface area contributed by atoms with E-state index in [2.05, 4.69) is 96.1 Å². The van der Waals surface area contributed by atoms with Crippen LogP contribution >= 0.6 is 0 Å². The molecule has 4 aromatic carbocycles. The molecule has 4 aromatic rings. The van der Waals surface area contributed by atoms with Gasteiger partial charge in [-0.05, 0) is 73.0 Å². The molecular formula is C39H45N3O3. The average Bonchev–Trinajstić information content (AvgIpc) is 3.10. The summed E-state index contributed by atoms with van der Waals surface area (Å²) in [7, 11) is 0. The molecule has 0 atom stereocenters. The molecule has 5 rings (SSSR count). The van der Waals surface area contributed by atoms with Crippen molar-refractivity contribution >= 4 is 12.4 Å². The van der Waals surface area contributed by atoms with Gasteiger partial charge < -0.3 is 14.4 Å². The van der Waals surface area contributed by atoms with Crippen molar-refractivity contribution in [2.45, 2.75) is 50.0 Å². The average molecular weight is 604 g/mol. The van der Waals surface area contributed by atoms with Gasteiger partial charge in [-0.1, -0.05) is 128 Å². The molecule has 0 unspecified atom stereocenters. The molecule has 1 amide bonds. The Balaban J connectivity index is 1.30. The number of benzene rings is 4. The van der Waals surface area contributed by atoms with E-state index in [1.54, 1.807) is 0 Å². The molecule has 0 aliphatic carbocycles. The number of hydrogen-bond acceptors (Lipinski definition) is 5. The number of carbonyl (C=O) groups excluding carboxylic acids is 2. The van der Waals surface area contributed by atoms with Crippen molar-refractivity contribution in [3.05, 3.63) is 144 Å². The summed E-state index contributed by atoms with van der Waals surface area (Å²) in [6.07, 6.45) is 4.30. The van der Waals surface area contributed by atoms with Gasteiger partial charge in [-0.25, -0.2) is 15.2 Å². The summed E-state index contributed by atoms with van der Waals surface area (Å²) in [5.74, 6) is 0. The number of carbonyl (C=O) groups is 2. The molecule has 1 aliphatic rings. The molecule has 1 N–H and O–H groups in total. The van der Waals surface area contributed by atoms with Gasteiger partial charge in [0.2, 0.25) is 0 Å². The maximum Gasteiger partial charge on any atom is 0.424 e. The van der Waals surface area contributed by atoms with E-state index in [1.165, 1.54) is 21.7 Å². The number of ether oxygens (including phenoxy) is 1. The van der Waals surface area contributed by atoms with Gasteiger partial charge in [0.15, 0.2) is 0 Å². The van der Waals surface area contributed by atoms with Gasteiger partial charge in [-0.15, -0.1) is 0 Å². The molecule has 234 valence electrons. The number of likely N-dealkylation sites (tertiary alicyclic amines) is 1. The van der Waals surface area contributed by atoms with E-state index < -0.39 is 11.5 Å². The number of nitrogens with zero attached hydrogens (tertiary/aromatic N) is 2. The summed E-state index contributed by atoms with van der Waals surface area (Å²) in [6.45, 7) is 6.02. The van der Waals surface area contributed by atoms with Gasteiger partial charge in [-0.3, -0.25) is 0 Å². The van der Waals surface area contributed by atoms with Gasteiger partial charge in [0, 0.05) is 12.0 Å². The summed E-state index contributed by atoms with van der Waals surface area (Å²) >= 11 is 0. The number of piperidine rings is 1. The fraction of sp³-hybridized carbons (Fsp3) is 0.333. The fourth-order valence-electron chi connectivity index (χ4n) is 6.57. The Morgan fingerprint density at radius 3 is 1.93 bits per heavy atom. The minimum atomic E-state index is -0.573. The van der Waals surface area contributed by atoms with Crippen LogP contribution in [0.3, 0.4) is 0 Å². The molecule has 0 spiro atoms. The summed E-state index contributed by atoms with van der Waals surface area (Å²) in [5, 5.41) is 1.30. The zero-order chi connectivity index (χ0) is 31.4. The summed E-state index contributed by atoms with van der Waals surface area (Å²) in [6, 6.07) is 41.5. The molecule has 1 aliphatic heterocycles. The van der Waals surface area contributed by atoms with Crippen molar-refractivity contribution in [2.75, 3.05) is 32.7 Å². The number of rotatable bonds is 14. The van der Waals surface area contributed by atoms with E-state index in [-0.39, 0.29) is 18.6 Å². The quantitative estimate of drug-likeness (QED) is 0.123. The number of hydrogen-bond donors (Lipinski definition) is 1. The first-order chi connectivity index (χ1) is 22.0. The summed E-state index contributed by atoms with van der Waals surface area (Å²) < 4.78 is 5.59. The number of amides is 1. The van der Waals surface area contributed by atoms with Crippen LogP contribution in [-0.2, 0) is 27.0 Å². The van der Waals surface area contributed by atoms with E-state index >= 15 is 0 Å².